The van der Waals surface area contributed by atoms with Crippen molar-refractivity contribution in [3.63, 3.8) is 0 Å². The van der Waals surface area contributed by atoms with Gasteiger partial charge < -0.3 is 0 Å². The van der Waals surface area contributed by atoms with E-state index >= 15 is 0 Å². The van der Waals surface area contributed by atoms with Crippen molar-refractivity contribution in [3.8, 4) is 78.4 Å². The van der Waals surface area contributed by atoms with Gasteiger partial charge in [0.1, 0.15) is 0 Å². The van der Waals surface area contributed by atoms with Crippen LogP contribution in [0.2, 0.25) is 19.6 Å². The zero-order valence-corrected chi connectivity index (χ0v) is 30.8. The highest BCUT2D eigenvalue weighted by atomic mass is 28.3. The second-order valence-corrected chi connectivity index (χ2v) is 19.4. The highest BCUT2D eigenvalue weighted by Gasteiger charge is 2.16. The van der Waals surface area contributed by atoms with Crippen molar-refractivity contribution >= 4 is 13.3 Å². The van der Waals surface area contributed by atoms with Gasteiger partial charge in [-0.3, -0.25) is 0 Å². The lowest BCUT2D eigenvalue weighted by Crippen LogP contribution is -2.37. The Balaban J connectivity index is 1.05. The Kier molecular flexibility index (Phi) is 9.03. The van der Waals surface area contributed by atoms with E-state index in [4.69, 9.17) is 9.97 Å². The maximum Gasteiger partial charge on any atom is 0.160 e. The lowest BCUT2D eigenvalue weighted by Gasteiger charge is -2.16. The first kappa shape index (κ1) is 33.0. The summed E-state index contributed by atoms with van der Waals surface area (Å²) in [4.78, 5) is 10.0. The van der Waals surface area contributed by atoms with E-state index in [0.29, 0.717) is 0 Å². The van der Waals surface area contributed by atoms with E-state index in [2.05, 4.69) is 171 Å². The number of benzene rings is 7. The molecule has 0 aliphatic carbocycles. The van der Waals surface area contributed by atoms with Crippen LogP contribution in [-0.2, 0) is 0 Å². The first-order chi connectivity index (χ1) is 25.4. The molecule has 0 bridgehead atoms. The highest BCUT2D eigenvalue weighted by molar-refractivity contribution is 6.88. The summed E-state index contributed by atoms with van der Waals surface area (Å²) >= 11 is 0. The molecule has 0 aliphatic heterocycles. The third-order valence-corrected chi connectivity index (χ3v) is 11.8. The van der Waals surface area contributed by atoms with Crippen LogP contribution in [0, 0.1) is 0 Å². The summed E-state index contributed by atoms with van der Waals surface area (Å²) in [5, 5.41) is 1.49. The molecule has 1 aromatic heterocycles. The molecule has 0 fully saturated rings. The first-order valence-corrected chi connectivity index (χ1v) is 21.4. The molecule has 250 valence electrons. The van der Waals surface area contributed by atoms with Crippen LogP contribution in [0.15, 0.2) is 188 Å². The molecule has 0 aliphatic rings. The molecule has 8 aromatic rings. The van der Waals surface area contributed by atoms with Gasteiger partial charge in [0.05, 0.1) is 19.5 Å². The molecular formula is C49H40N2Si. The van der Waals surface area contributed by atoms with E-state index in [-0.39, 0.29) is 0 Å². The summed E-state index contributed by atoms with van der Waals surface area (Å²) < 4.78 is 0. The maximum absolute atomic E-state index is 5.05. The minimum absolute atomic E-state index is 0.718. The number of hydrogen-bond acceptors (Lipinski definition) is 2. The minimum atomic E-state index is -1.30. The van der Waals surface area contributed by atoms with Crippen LogP contribution in [0.1, 0.15) is 0 Å². The van der Waals surface area contributed by atoms with E-state index < -0.39 is 8.07 Å². The fourth-order valence-corrected chi connectivity index (χ4v) is 7.84. The molecule has 0 atom stereocenters. The second kappa shape index (κ2) is 14.2. The summed E-state index contributed by atoms with van der Waals surface area (Å²) in [5.41, 5.74) is 14.5. The Morgan fingerprint density at radius 3 is 1.12 bits per heavy atom. The van der Waals surface area contributed by atoms with Crippen LogP contribution in [0.25, 0.3) is 78.4 Å². The van der Waals surface area contributed by atoms with Gasteiger partial charge in [-0.15, -0.1) is 0 Å². The molecule has 52 heavy (non-hydrogen) atoms. The summed E-state index contributed by atoms with van der Waals surface area (Å²) in [5.74, 6) is 0.718. The van der Waals surface area contributed by atoms with Crippen LogP contribution >= 0.6 is 0 Å². The van der Waals surface area contributed by atoms with Crippen LogP contribution in [-0.4, -0.2) is 18.0 Å². The van der Waals surface area contributed by atoms with Crippen molar-refractivity contribution in [3.05, 3.63) is 188 Å². The SMILES string of the molecule is C[Si](C)(C)c1ccc(-c2ccc(-c3ccc(-c4cccc(-c5cccc(-c6cc(-c7ccccc7)nc(-c7ccccc7)n6)c5)c4)cc3)cc2)cc1. The number of rotatable bonds is 8. The van der Waals surface area contributed by atoms with Crippen molar-refractivity contribution in [1.29, 1.82) is 0 Å². The molecule has 3 heteroatoms. The van der Waals surface area contributed by atoms with Crippen molar-refractivity contribution < 1.29 is 0 Å². The Morgan fingerprint density at radius 2 is 0.635 bits per heavy atom. The molecule has 0 amide bonds. The van der Waals surface area contributed by atoms with E-state index in [1.54, 1.807) is 0 Å². The van der Waals surface area contributed by atoms with Crippen LogP contribution < -0.4 is 5.19 Å². The molecule has 2 nitrogen and oxygen atoms in total. The van der Waals surface area contributed by atoms with Gasteiger partial charge in [0, 0.05) is 16.7 Å². The molecular weight excluding hydrogens is 645 g/mol. The average Bonchev–Trinajstić information content (AvgIpc) is 3.21. The van der Waals surface area contributed by atoms with Gasteiger partial charge >= 0.3 is 0 Å². The number of aromatic nitrogens is 2. The standard InChI is InChI=1S/C49H40N2Si/c1-52(2,3)46-30-28-38(29-31-46)37-22-20-35(21-23-37)36-24-26-39(27-25-36)42-16-10-17-43(32-42)44-18-11-19-45(33-44)48-34-47(40-12-6-4-7-13-40)50-49(51-48)41-14-8-5-9-15-41/h4-34H,1-3H3. The number of hydrogen-bond donors (Lipinski definition) is 0. The Hall–Kier alpha value is -6.16. The van der Waals surface area contributed by atoms with Crippen molar-refractivity contribution in [2.75, 3.05) is 0 Å². The second-order valence-electron chi connectivity index (χ2n) is 14.3. The zero-order valence-electron chi connectivity index (χ0n) is 29.8. The lowest BCUT2D eigenvalue weighted by atomic mass is 9.95. The maximum atomic E-state index is 5.05. The monoisotopic (exact) mass is 684 g/mol. The van der Waals surface area contributed by atoms with E-state index in [0.717, 1.165) is 45.0 Å². The largest absolute Gasteiger partial charge is 0.228 e. The van der Waals surface area contributed by atoms with Gasteiger partial charge in [-0.25, -0.2) is 9.97 Å². The predicted molar refractivity (Wildman–Crippen MR) is 223 cm³/mol. The molecule has 0 N–H and O–H groups in total. The molecule has 7 aromatic carbocycles. The third kappa shape index (κ3) is 7.18. The molecule has 8 rings (SSSR count). The summed E-state index contributed by atoms with van der Waals surface area (Å²) in [6, 6.07) is 67.0. The van der Waals surface area contributed by atoms with Crippen LogP contribution in [0.4, 0.5) is 0 Å². The highest BCUT2D eigenvalue weighted by Crippen LogP contribution is 2.33. The Bertz CT molecular complexity index is 2390. The molecule has 0 radical (unpaired) electrons. The van der Waals surface area contributed by atoms with E-state index in [9.17, 15) is 0 Å². The molecule has 0 saturated carbocycles. The van der Waals surface area contributed by atoms with Crippen molar-refractivity contribution in [2.24, 2.45) is 0 Å². The van der Waals surface area contributed by atoms with Gasteiger partial charge in [-0.05, 0) is 62.7 Å². The van der Waals surface area contributed by atoms with Gasteiger partial charge in [-0.1, -0.05) is 195 Å². The van der Waals surface area contributed by atoms with E-state index in [1.165, 1.54) is 38.6 Å². The fourth-order valence-electron chi connectivity index (χ4n) is 6.68. The quantitative estimate of drug-likeness (QED) is 0.149. The van der Waals surface area contributed by atoms with E-state index in [1.807, 2.05) is 36.4 Å². The number of nitrogens with zero attached hydrogens (tertiary/aromatic N) is 2. The summed E-state index contributed by atoms with van der Waals surface area (Å²) in [7, 11) is -1.30. The van der Waals surface area contributed by atoms with Crippen molar-refractivity contribution in [1.82, 2.24) is 9.97 Å². The first-order valence-electron chi connectivity index (χ1n) is 17.9. The lowest BCUT2D eigenvalue weighted by molar-refractivity contribution is 1.18. The van der Waals surface area contributed by atoms with Crippen LogP contribution in [0.3, 0.4) is 0 Å². The molecule has 0 spiro atoms. The summed E-state index contributed by atoms with van der Waals surface area (Å²) in [6.45, 7) is 7.17. The average molecular weight is 685 g/mol. The normalized spacial score (nSPS) is 11.4. The third-order valence-electron chi connectivity index (χ3n) is 9.70. The van der Waals surface area contributed by atoms with Gasteiger partial charge in [0.15, 0.2) is 5.82 Å². The van der Waals surface area contributed by atoms with Gasteiger partial charge in [-0.2, -0.15) is 0 Å². The smallest absolute Gasteiger partial charge is 0.160 e. The Morgan fingerprint density at radius 1 is 0.288 bits per heavy atom. The van der Waals surface area contributed by atoms with Gasteiger partial charge in [0.25, 0.3) is 0 Å². The summed E-state index contributed by atoms with van der Waals surface area (Å²) in [6.07, 6.45) is 0. The van der Waals surface area contributed by atoms with Crippen molar-refractivity contribution in [2.45, 2.75) is 19.6 Å². The molecule has 0 saturated heterocycles. The minimum Gasteiger partial charge on any atom is -0.228 e. The predicted octanol–water partition coefficient (Wildman–Crippen LogP) is 12.7. The van der Waals surface area contributed by atoms with Gasteiger partial charge in [0.2, 0.25) is 0 Å². The zero-order chi connectivity index (χ0) is 35.5. The Labute approximate surface area is 308 Å². The topological polar surface area (TPSA) is 25.8 Å². The van der Waals surface area contributed by atoms with Crippen LogP contribution in [0.5, 0.6) is 0 Å². The molecule has 1 heterocycles. The fraction of sp³-hybridized carbons (Fsp3) is 0.0612. The molecule has 0 unspecified atom stereocenters.